The fourth-order valence-electron chi connectivity index (χ4n) is 0.900. The molecule has 1 rings (SSSR count). The maximum absolute atomic E-state index is 5.46. The third-order valence-corrected chi connectivity index (χ3v) is 1.54. The Morgan fingerprint density at radius 2 is 2.40 bits per heavy atom. The summed E-state index contributed by atoms with van der Waals surface area (Å²) in [5.41, 5.74) is 7.89. The quantitative estimate of drug-likeness (QED) is 0.651. The van der Waals surface area contributed by atoms with E-state index in [9.17, 15) is 0 Å². The van der Waals surface area contributed by atoms with Crippen LogP contribution in [0.5, 0.6) is 0 Å². The molecule has 0 aliphatic heterocycles. The summed E-state index contributed by atoms with van der Waals surface area (Å²) < 4.78 is 0. The largest absolute Gasteiger partial charge is 0.326 e. The lowest BCUT2D eigenvalue weighted by atomic mass is 10.1. The number of rotatable bonds is 2. The van der Waals surface area contributed by atoms with Crippen molar-refractivity contribution in [3.05, 3.63) is 35.4 Å². The van der Waals surface area contributed by atoms with Crippen molar-refractivity contribution in [3.63, 3.8) is 0 Å². The molecule has 0 saturated heterocycles. The van der Waals surface area contributed by atoms with Crippen LogP contribution in [0.4, 0.5) is 0 Å². The van der Waals surface area contributed by atoms with Gasteiger partial charge in [0.05, 0.1) is 0 Å². The van der Waals surface area contributed by atoms with Gasteiger partial charge in [-0.1, -0.05) is 25.1 Å². The highest BCUT2D eigenvalue weighted by atomic mass is 14.5. The molecule has 53 valence electrons. The smallest absolute Gasteiger partial charge is 0.0178 e. The lowest BCUT2D eigenvalue weighted by Crippen LogP contribution is -1.96. The number of hydrogen-bond donors (Lipinski definition) is 1. The van der Waals surface area contributed by atoms with Crippen LogP contribution in [0.15, 0.2) is 18.2 Å². The zero-order chi connectivity index (χ0) is 7.40. The Balaban J connectivity index is 2.87. The van der Waals surface area contributed by atoms with Crippen molar-refractivity contribution in [1.29, 1.82) is 0 Å². The summed E-state index contributed by atoms with van der Waals surface area (Å²) >= 11 is 0. The Morgan fingerprint density at radius 1 is 1.60 bits per heavy atom. The molecule has 10 heavy (non-hydrogen) atoms. The van der Waals surface area contributed by atoms with Crippen LogP contribution in [0.2, 0.25) is 0 Å². The van der Waals surface area contributed by atoms with Crippen molar-refractivity contribution in [1.82, 2.24) is 0 Å². The monoisotopic (exact) mass is 134 g/mol. The van der Waals surface area contributed by atoms with Crippen LogP contribution in [0.3, 0.4) is 0 Å². The Labute approximate surface area is 61.9 Å². The third-order valence-electron chi connectivity index (χ3n) is 1.54. The Kier molecular flexibility index (Phi) is 2.46. The molecule has 0 heterocycles. The first-order chi connectivity index (χ1) is 4.86. The molecule has 1 aromatic rings. The molecule has 1 nitrogen and oxygen atoms in total. The van der Waals surface area contributed by atoms with E-state index >= 15 is 0 Å². The van der Waals surface area contributed by atoms with Crippen LogP contribution in [0.1, 0.15) is 18.1 Å². The first kappa shape index (κ1) is 7.29. The average Bonchev–Trinajstić information content (AvgIpc) is 2.05. The van der Waals surface area contributed by atoms with Crippen molar-refractivity contribution < 1.29 is 0 Å². The van der Waals surface area contributed by atoms with Crippen LogP contribution in [-0.4, -0.2) is 0 Å². The molecule has 0 bridgehead atoms. The molecule has 0 spiro atoms. The van der Waals surface area contributed by atoms with E-state index in [1.807, 2.05) is 12.1 Å². The predicted octanol–water partition coefficient (Wildman–Crippen LogP) is 1.51. The summed E-state index contributed by atoms with van der Waals surface area (Å²) in [5.74, 6) is 0. The molecule has 0 atom stereocenters. The first-order valence-electron chi connectivity index (χ1n) is 3.56. The molecule has 0 amide bonds. The van der Waals surface area contributed by atoms with Crippen molar-refractivity contribution in [2.75, 3.05) is 0 Å². The maximum Gasteiger partial charge on any atom is 0.0178 e. The minimum absolute atomic E-state index is 0.627. The molecule has 2 N–H and O–H groups in total. The van der Waals surface area contributed by atoms with E-state index in [1.165, 1.54) is 11.1 Å². The summed E-state index contributed by atoms with van der Waals surface area (Å²) in [6.07, 6.45) is 1.04. The Morgan fingerprint density at radius 3 is 3.00 bits per heavy atom. The Bertz CT molecular complexity index is 186. The standard InChI is InChI=1S/C9H12N/c1-2-8-4-3-5-9(6-8)7-10/h3,5-6H,2,7,10H2,1H3. The van der Waals surface area contributed by atoms with Crippen LogP contribution < -0.4 is 5.73 Å². The highest BCUT2D eigenvalue weighted by molar-refractivity contribution is 5.21. The number of nitrogens with two attached hydrogens (primary N) is 1. The van der Waals surface area contributed by atoms with Gasteiger partial charge in [0.15, 0.2) is 0 Å². The van der Waals surface area contributed by atoms with Gasteiger partial charge in [-0.3, -0.25) is 0 Å². The molecule has 1 aromatic carbocycles. The van der Waals surface area contributed by atoms with Crippen LogP contribution >= 0.6 is 0 Å². The SMILES string of the molecule is CCc1[c]ccc(CN)c1. The van der Waals surface area contributed by atoms with Crippen molar-refractivity contribution >= 4 is 0 Å². The summed E-state index contributed by atoms with van der Waals surface area (Å²) in [4.78, 5) is 0. The first-order valence-corrected chi connectivity index (χ1v) is 3.56. The molecule has 0 unspecified atom stereocenters. The second-order valence-corrected chi connectivity index (χ2v) is 2.28. The number of hydrogen-bond acceptors (Lipinski definition) is 1. The summed E-state index contributed by atoms with van der Waals surface area (Å²) in [6.45, 7) is 2.74. The highest BCUT2D eigenvalue weighted by Crippen LogP contribution is 2.03. The van der Waals surface area contributed by atoms with Crippen molar-refractivity contribution in [3.8, 4) is 0 Å². The minimum atomic E-state index is 0.627. The fourth-order valence-corrected chi connectivity index (χ4v) is 0.900. The summed E-state index contributed by atoms with van der Waals surface area (Å²) in [6, 6.07) is 9.17. The highest BCUT2D eigenvalue weighted by Gasteiger charge is 1.90. The van der Waals surface area contributed by atoms with Gasteiger partial charge >= 0.3 is 0 Å². The fraction of sp³-hybridized carbons (Fsp3) is 0.333. The van der Waals surface area contributed by atoms with Gasteiger partial charge in [0.1, 0.15) is 0 Å². The maximum atomic E-state index is 5.46. The lowest BCUT2D eigenvalue weighted by Gasteiger charge is -1.98. The van der Waals surface area contributed by atoms with E-state index in [0.717, 1.165) is 6.42 Å². The topological polar surface area (TPSA) is 26.0 Å². The van der Waals surface area contributed by atoms with E-state index < -0.39 is 0 Å². The van der Waals surface area contributed by atoms with E-state index in [1.54, 1.807) is 0 Å². The molecule has 1 radical (unpaired) electrons. The molecule has 0 aliphatic rings. The zero-order valence-electron chi connectivity index (χ0n) is 6.22. The van der Waals surface area contributed by atoms with Gasteiger partial charge in [-0.2, -0.15) is 0 Å². The van der Waals surface area contributed by atoms with Gasteiger partial charge < -0.3 is 5.73 Å². The van der Waals surface area contributed by atoms with E-state index in [0.29, 0.717) is 6.54 Å². The van der Waals surface area contributed by atoms with Gasteiger partial charge in [-0.15, -0.1) is 0 Å². The predicted molar refractivity (Wildman–Crippen MR) is 42.5 cm³/mol. The average molecular weight is 134 g/mol. The zero-order valence-corrected chi connectivity index (χ0v) is 6.22. The normalized spacial score (nSPS) is 9.80. The van der Waals surface area contributed by atoms with Crippen molar-refractivity contribution in [2.45, 2.75) is 19.9 Å². The van der Waals surface area contributed by atoms with Gasteiger partial charge in [0.2, 0.25) is 0 Å². The lowest BCUT2D eigenvalue weighted by molar-refractivity contribution is 1.04. The second kappa shape index (κ2) is 3.37. The van der Waals surface area contributed by atoms with Crippen LogP contribution in [0, 0.1) is 6.07 Å². The summed E-state index contributed by atoms with van der Waals surface area (Å²) in [7, 11) is 0. The van der Waals surface area contributed by atoms with Crippen LogP contribution in [-0.2, 0) is 13.0 Å². The molecule has 0 saturated carbocycles. The van der Waals surface area contributed by atoms with E-state index in [-0.39, 0.29) is 0 Å². The molecular weight excluding hydrogens is 122 g/mol. The van der Waals surface area contributed by atoms with Crippen LogP contribution in [0.25, 0.3) is 0 Å². The molecule has 0 aliphatic carbocycles. The summed E-state index contributed by atoms with van der Waals surface area (Å²) in [5, 5.41) is 0. The molecule has 0 fully saturated rings. The van der Waals surface area contributed by atoms with Gasteiger partial charge in [0.25, 0.3) is 0 Å². The van der Waals surface area contributed by atoms with E-state index in [4.69, 9.17) is 5.73 Å². The molecular formula is C9H12N. The van der Waals surface area contributed by atoms with Crippen molar-refractivity contribution in [2.24, 2.45) is 5.73 Å². The van der Waals surface area contributed by atoms with Gasteiger partial charge in [-0.05, 0) is 23.6 Å². The van der Waals surface area contributed by atoms with E-state index in [2.05, 4.69) is 19.1 Å². The number of benzene rings is 1. The molecule has 0 aromatic heterocycles. The minimum Gasteiger partial charge on any atom is -0.326 e. The molecule has 1 heteroatoms. The Hall–Kier alpha value is -0.820. The number of aryl methyl sites for hydroxylation is 1. The third kappa shape index (κ3) is 1.58. The van der Waals surface area contributed by atoms with Gasteiger partial charge in [0, 0.05) is 6.54 Å². The van der Waals surface area contributed by atoms with Gasteiger partial charge in [-0.25, -0.2) is 0 Å². The second-order valence-electron chi connectivity index (χ2n) is 2.28.